The van der Waals surface area contributed by atoms with E-state index < -0.39 is 16.4 Å². The Morgan fingerprint density at radius 3 is 2.62 bits per heavy atom. The third-order valence-electron chi connectivity index (χ3n) is 3.47. The molecule has 0 aliphatic rings. The molecular formula is C16H16N4O6. The van der Waals surface area contributed by atoms with Gasteiger partial charge in [-0.25, -0.2) is 5.43 Å². The number of carbonyl (C=O) groups excluding carboxylic acids is 1. The first-order valence-electron chi connectivity index (χ1n) is 7.28. The summed E-state index contributed by atoms with van der Waals surface area (Å²) in [4.78, 5) is 34.4. The molecule has 0 atom stereocenters. The molecule has 136 valence electrons. The Morgan fingerprint density at radius 2 is 2.00 bits per heavy atom. The first-order chi connectivity index (χ1) is 12.4. The topological polar surface area (TPSA) is 125 Å². The van der Waals surface area contributed by atoms with Crippen molar-refractivity contribution in [1.82, 2.24) is 9.99 Å². The van der Waals surface area contributed by atoms with Crippen LogP contribution >= 0.6 is 0 Å². The Kier molecular flexibility index (Phi) is 5.68. The highest BCUT2D eigenvalue weighted by molar-refractivity contribution is 5.95. The third-order valence-corrected chi connectivity index (χ3v) is 3.47. The highest BCUT2D eigenvalue weighted by atomic mass is 16.6. The Labute approximate surface area is 147 Å². The zero-order valence-electron chi connectivity index (χ0n) is 14.3. The van der Waals surface area contributed by atoms with Crippen molar-refractivity contribution in [2.45, 2.75) is 0 Å². The molecular weight excluding hydrogens is 344 g/mol. The van der Waals surface area contributed by atoms with Crippen LogP contribution in [0.5, 0.6) is 11.5 Å². The van der Waals surface area contributed by atoms with Crippen LogP contribution in [0.4, 0.5) is 5.69 Å². The van der Waals surface area contributed by atoms with Crippen LogP contribution in [0.15, 0.2) is 40.4 Å². The van der Waals surface area contributed by atoms with Crippen LogP contribution in [-0.2, 0) is 7.05 Å². The predicted molar refractivity (Wildman–Crippen MR) is 92.9 cm³/mol. The number of amides is 1. The summed E-state index contributed by atoms with van der Waals surface area (Å²) in [6, 6.07) is 5.46. The van der Waals surface area contributed by atoms with Gasteiger partial charge in [-0.1, -0.05) is 0 Å². The molecule has 0 radical (unpaired) electrons. The van der Waals surface area contributed by atoms with Gasteiger partial charge >= 0.3 is 5.69 Å². The lowest BCUT2D eigenvalue weighted by atomic mass is 10.1. The van der Waals surface area contributed by atoms with Gasteiger partial charge in [0.05, 0.1) is 25.4 Å². The molecule has 1 N–H and O–H groups in total. The summed E-state index contributed by atoms with van der Waals surface area (Å²) in [6.07, 6.45) is 2.69. The minimum absolute atomic E-state index is 0.0285. The van der Waals surface area contributed by atoms with Crippen LogP contribution in [0.25, 0.3) is 0 Å². The van der Waals surface area contributed by atoms with Crippen LogP contribution in [0.2, 0.25) is 0 Å². The number of nitro benzene ring substituents is 1. The number of aryl methyl sites for hydroxylation is 1. The van der Waals surface area contributed by atoms with Gasteiger partial charge in [-0.2, -0.15) is 5.10 Å². The third kappa shape index (κ3) is 3.86. The van der Waals surface area contributed by atoms with Gasteiger partial charge in [0.1, 0.15) is 11.3 Å². The summed E-state index contributed by atoms with van der Waals surface area (Å²) < 4.78 is 11.4. The zero-order valence-corrected chi connectivity index (χ0v) is 14.3. The minimum atomic E-state index is -0.704. The molecule has 10 heteroatoms. The lowest BCUT2D eigenvalue weighted by molar-refractivity contribution is -0.385. The zero-order chi connectivity index (χ0) is 19.3. The van der Waals surface area contributed by atoms with E-state index in [9.17, 15) is 19.7 Å². The van der Waals surface area contributed by atoms with Gasteiger partial charge in [0.15, 0.2) is 0 Å². The maximum Gasteiger partial charge on any atom is 0.311 e. The summed E-state index contributed by atoms with van der Waals surface area (Å²) in [5.41, 5.74) is 1.62. The second-order valence-corrected chi connectivity index (χ2v) is 5.06. The minimum Gasteiger partial charge on any atom is -0.496 e. The van der Waals surface area contributed by atoms with E-state index in [1.165, 1.54) is 56.4 Å². The highest BCUT2D eigenvalue weighted by Gasteiger charge is 2.19. The van der Waals surface area contributed by atoms with E-state index in [4.69, 9.17) is 9.47 Å². The van der Waals surface area contributed by atoms with Gasteiger partial charge in [0, 0.05) is 30.9 Å². The maximum absolute atomic E-state index is 12.0. The molecule has 1 aromatic heterocycles. The number of benzene rings is 1. The fourth-order valence-electron chi connectivity index (χ4n) is 2.14. The first-order valence-corrected chi connectivity index (χ1v) is 7.28. The van der Waals surface area contributed by atoms with Gasteiger partial charge in [-0.3, -0.25) is 19.7 Å². The van der Waals surface area contributed by atoms with Crippen LogP contribution in [0.3, 0.4) is 0 Å². The molecule has 2 aromatic rings. The van der Waals surface area contributed by atoms with Crippen LogP contribution in [-0.4, -0.2) is 35.8 Å². The average Bonchev–Trinajstić information content (AvgIpc) is 2.63. The smallest absolute Gasteiger partial charge is 0.311 e. The number of carbonyl (C=O) groups is 1. The Hall–Kier alpha value is -3.69. The van der Waals surface area contributed by atoms with Gasteiger partial charge in [-0.05, 0) is 12.1 Å². The Bertz CT molecular complexity index is 935. The van der Waals surface area contributed by atoms with E-state index in [0.717, 1.165) is 0 Å². The van der Waals surface area contributed by atoms with E-state index in [2.05, 4.69) is 10.5 Å². The molecule has 0 bridgehead atoms. The standard InChI is InChI=1S/C16H16N4O6/c1-19-6-4-5-11(16(19)22)15(21)18-17-9-10-7-12(20(23)24)14(26-3)8-13(10)25-2/h4-9H,1-3H3,(H,18,21)/b17-9-. The van der Waals surface area contributed by atoms with Crippen LogP contribution in [0.1, 0.15) is 15.9 Å². The van der Waals surface area contributed by atoms with Gasteiger partial charge in [0.25, 0.3) is 11.5 Å². The largest absolute Gasteiger partial charge is 0.496 e. The molecule has 0 fully saturated rings. The molecule has 0 spiro atoms. The summed E-state index contributed by atoms with van der Waals surface area (Å²) >= 11 is 0. The molecule has 0 unspecified atom stereocenters. The second kappa shape index (κ2) is 7.92. The SMILES string of the molecule is COc1cc(OC)c([N+](=O)[O-])cc1/C=N\NC(=O)c1cccn(C)c1=O. The number of nitrogens with one attached hydrogen (secondary N) is 1. The second-order valence-electron chi connectivity index (χ2n) is 5.06. The number of nitrogens with zero attached hydrogens (tertiary/aromatic N) is 3. The molecule has 1 heterocycles. The van der Waals surface area contributed by atoms with E-state index in [-0.39, 0.29) is 28.3 Å². The van der Waals surface area contributed by atoms with E-state index in [0.29, 0.717) is 0 Å². The average molecular weight is 360 g/mol. The molecule has 26 heavy (non-hydrogen) atoms. The fourth-order valence-corrected chi connectivity index (χ4v) is 2.14. The molecule has 0 aliphatic carbocycles. The van der Waals surface area contributed by atoms with Crippen molar-refractivity contribution < 1.29 is 19.2 Å². The number of ether oxygens (including phenoxy) is 2. The number of rotatable bonds is 6. The fraction of sp³-hybridized carbons (Fsp3) is 0.188. The monoisotopic (exact) mass is 360 g/mol. The lowest BCUT2D eigenvalue weighted by Gasteiger charge is -2.08. The summed E-state index contributed by atoms with van der Waals surface area (Å²) in [7, 11) is 4.20. The maximum atomic E-state index is 12.0. The van der Waals surface area contributed by atoms with E-state index >= 15 is 0 Å². The summed E-state index contributed by atoms with van der Waals surface area (Å²) in [6.45, 7) is 0. The van der Waals surface area contributed by atoms with Gasteiger partial charge in [-0.15, -0.1) is 0 Å². The van der Waals surface area contributed by atoms with Gasteiger partial charge < -0.3 is 14.0 Å². The Morgan fingerprint density at radius 1 is 1.31 bits per heavy atom. The van der Waals surface area contributed by atoms with Crippen molar-refractivity contribution in [3.63, 3.8) is 0 Å². The Balaban J connectivity index is 2.28. The van der Waals surface area contributed by atoms with E-state index in [1.54, 1.807) is 6.07 Å². The van der Waals surface area contributed by atoms with Crippen LogP contribution in [0, 0.1) is 10.1 Å². The van der Waals surface area contributed by atoms with Crippen molar-refractivity contribution in [3.05, 3.63) is 62.1 Å². The summed E-state index contributed by atoms with van der Waals surface area (Å²) in [5, 5.41) is 14.8. The first kappa shape index (κ1) is 18.6. The molecule has 1 aromatic carbocycles. The number of hydrogen-bond donors (Lipinski definition) is 1. The molecule has 1 amide bonds. The number of hydrogen-bond acceptors (Lipinski definition) is 7. The van der Waals surface area contributed by atoms with E-state index in [1.807, 2.05) is 0 Å². The van der Waals surface area contributed by atoms with Crippen LogP contribution < -0.4 is 20.5 Å². The molecule has 0 saturated carbocycles. The molecule has 10 nitrogen and oxygen atoms in total. The normalized spacial score (nSPS) is 10.6. The summed E-state index contributed by atoms with van der Waals surface area (Å²) in [5.74, 6) is -0.411. The quantitative estimate of drug-likeness (QED) is 0.467. The van der Waals surface area contributed by atoms with Crippen molar-refractivity contribution in [2.75, 3.05) is 14.2 Å². The van der Waals surface area contributed by atoms with Crippen molar-refractivity contribution >= 4 is 17.8 Å². The number of aromatic nitrogens is 1. The van der Waals surface area contributed by atoms with Crippen molar-refractivity contribution in [2.24, 2.45) is 12.1 Å². The van der Waals surface area contributed by atoms with Gasteiger partial charge in [0.2, 0.25) is 5.75 Å². The number of methoxy groups -OCH3 is 2. The molecule has 2 rings (SSSR count). The number of nitro groups is 1. The highest BCUT2D eigenvalue weighted by Crippen LogP contribution is 2.33. The lowest BCUT2D eigenvalue weighted by Crippen LogP contribution is -2.29. The molecule has 0 saturated heterocycles. The van der Waals surface area contributed by atoms with Crippen molar-refractivity contribution in [1.29, 1.82) is 0 Å². The number of pyridine rings is 1. The predicted octanol–water partition coefficient (Wildman–Crippen LogP) is 1.07. The number of hydrazone groups is 1. The molecule has 0 aliphatic heterocycles. The van der Waals surface area contributed by atoms with Crippen molar-refractivity contribution in [3.8, 4) is 11.5 Å².